The lowest BCUT2D eigenvalue weighted by Crippen LogP contribution is -1.40. The lowest BCUT2D eigenvalue weighted by molar-refractivity contribution is 1.89. The van der Waals surface area contributed by atoms with Crippen molar-refractivity contribution >= 4 is 0 Å². The fourth-order valence-electron chi connectivity index (χ4n) is 0.0312. The van der Waals surface area contributed by atoms with E-state index in [2.05, 4.69) is 12.0 Å². The molecule has 0 atom stereocenters. The Bertz CT molecular complexity index is 92.2. The summed E-state index contributed by atoms with van der Waals surface area (Å²) < 4.78 is 6.16. The van der Waals surface area contributed by atoms with E-state index in [1.807, 2.05) is 0 Å². The minimum absolute atomic E-state index is 1.78. The standard InChI is InChI=1S/C5H/c1-3-5-4-2/h1H/q-1/i1D. The quantitative estimate of drug-likeness (QED) is 0.281. The summed E-state index contributed by atoms with van der Waals surface area (Å²) in [7, 11) is 0. The Morgan fingerprint density at radius 3 is 3.00 bits per heavy atom. The summed E-state index contributed by atoms with van der Waals surface area (Å²) in [4.78, 5) is 0. The van der Waals surface area contributed by atoms with Crippen molar-refractivity contribution in [2.24, 2.45) is 0 Å². The Hall–Kier alpha value is -0.830. The highest BCUT2D eigenvalue weighted by Crippen LogP contribution is 1.52. The van der Waals surface area contributed by atoms with Crippen LogP contribution in [0.2, 0.25) is 0 Å². The molecule has 0 aromatic heterocycles. The Labute approximate surface area is 33.9 Å². The first-order valence-electron chi connectivity index (χ1n) is 1.50. The van der Waals surface area contributed by atoms with Crippen molar-refractivity contribution in [1.82, 2.24) is 0 Å². The summed E-state index contributed by atoms with van der Waals surface area (Å²) in [5.74, 6) is 2.07. The van der Waals surface area contributed by atoms with E-state index < -0.39 is 0 Å². The number of hydrogen-bond donors (Lipinski definition) is 0. The topological polar surface area (TPSA) is 0 Å². The van der Waals surface area contributed by atoms with Crippen molar-refractivity contribution in [1.29, 1.82) is 0 Å². The first kappa shape index (κ1) is 2.41. The Morgan fingerprint density at radius 1 is 2.00 bits per heavy atom. The van der Waals surface area contributed by atoms with E-state index in [9.17, 15) is 0 Å². The van der Waals surface area contributed by atoms with Crippen LogP contribution in [0.4, 0.5) is 0 Å². The molecule has 0 nitrogen and oxygen atoms in total. The molecule has 0 spiro atoms. The minimum atomic E-state index is 1.78. The van der Waals surface area contributed by atoms with Gasteiger partial charge in [-0.2, -0.15) is 12.0 Å². The lowest BCUT2D eigenvalue weighted by atomic mass is 10.6. The second-order valence-electron chi connectivity index (χ2n) is 0.375. The Kier molecular flexibility index (Phi) is 1.53. The number of allylic oxidation sites excluding steroid dienone is 2. The van der Waals surface area contributed by atoms with Gasteiger partial charge in [-0.05, 0) is 0 Å². The zero-order valence-corrected chi connectivity index (χ0v) is 2.50. The number of terminal acetylenes is 1. The molecule has 0 unspecified atom stereocenters. The summed E-state index contributed by atoms with van der Waals surface area (Å²) in [6, 6.07) is 0. The number of rotatable bonds is 0. The van der Waals surface area contributed by atoms with Crippen molar-refractivity contribution in [3.05, 3.63) is 19.1 Å². The summed E-state index contributed by atoms with van der Waals surface area (Å²) in [5.41, 5.74) is 0. The van der Waals surface area contributed by atoms with Gasteiger partial charge in [-0.25, -0.2) is 6.08 Å². The van der Waals surface area contributed by atoms with E-state index in [4.69, 9.17) is 8.29 Å². The van der Waals surface area contributed by atoms with Crippen LogP contribution in [-0.4, -0.2) is 0 Å². The van der Waals surface area contributed by atoms with Gasteiger partial charge in [-0.1, -0.05) is 0 Å². The molecule has 0 aliphatic heterocycles. The van der Waals surface area contributed by atoms with Crippen LogP contribution in [0.25, 0.3) is 0 Å². The van der Waals surface area contributed by atoms with Crippen LogP contribution in [0.5, 0.6) is 0 Å². The van der Waals surface area contributed by atoms with Gasteiger partial charge in [-0.15, -0.1) is 6.40 Å². The molecule has 0 amide bonds. The molecule has 0 fully saturated rings. The van der Waals surface area contributed by atoms with Crippen LogP contribution in [0.1, 0.15) is 1.37 Å². The van der Waals surface area contributed by atoms with E-state index in [0.717, 1.165) is 0 Å². The minimum Gasteiger partial charge on any atom is -0.359 e. The summed E-state index contributed by atoms with van der Waals surface area (Å²) in [6.45, 7) is 6.16. The van der Waals surface area contributed by atoms with Gasteiger partial charge in [0.1, 0.15) is 1.37 Å². The molecule has 5 heavy (non-hydrogen) atoms. The average Bonchev–Trinajstić information content (AvgIpc) is 1.61. The molecule has 0 N–H and O–H groups in total. The first-order valence-corrected chi connectivity index (χ1v) is 1.00. The monoisotopic (exact) mass is 62.0 g/mol. The summed E-state index contributed by atoms with van der Waals surface area (Å²) in [6.07, 6.45) is 5.62. The first-order chi connectivity index (χ1) is 2.91. The van der Waals surface area contributed by atoms with Crippen LogP contribution >= 0.6 is 0 Å². The fraction of sp³-hybridized carbons (Fsp3) is 0. The van der Waals surface area contributed by atoms with Crippen molar-refractivity contribution in [3.8, 4) is 12.3 Å². The lowest BCUT2D eigenvalue weighted by Gasteiger charge is -1.69. The molecular weight excluding hydrogens is 60.1 g/mol. The highest BCUT2D eigenvalue weighted by atomic mass is 13.5. The van der Waals surface area contributed by atoms with E-state index in [1.165, 1.54) is 0 Å². The van der Waals surface area contributed by atoms with Crippen LogP contribution in [0.3, 0.4) is 0 Å². The summed E-state index contributed by atoms with van der Waals surface area (Å²) >= 11 is 0. The maximum atomic E-state index is 6.16. The van der Waals surface area contributed by atoms with Gasteiger partial charge in [0.05, 0.1) is 0 Å². The molecule has 22 valence electrons. The molecule has 0 aromatic rings. The van der Waals surface area contributed by atoms with Gasteiger partial charge < -0.3 is 6.92 Å². The van der Waals surface area contributed by atoms with Crippen LogP contribution in [-0.2, 0) is 0 Å². The molecule has 0 heterocycles. The number of hydrogen-bond acceptors (Lipinski definition) is 0. The van der Waals surface area contributed by atoms with Gasteiger partial charge in [-0.3, -0.25) is 0 Å². The molecule has 0 aliphatic rings. The third-order valence-electron chi connectivity index (χ3n) is 0.125. The highest BCUT2D eigenvalue weighted by Gasteiger charge is 1.24. The molecular formula is C5H-. The Balaban J connectivity index is 3.24. The molecule has 0 bridgehead atoms. The molecule has 0 heteroatoms. The molecule has 0 rings (SSSR count). The fourth-order valence-corrected chi connectivity index (χ4v) is 0.0312. The zero-order valence-electron chi connectivity index (χ0n) is 3.50. The predicted molar refractivity (Wildman–Crippen MR) is 18.6 cm³/mol. The second kappa shape index (κ2) is 3.17. The van der Waals surface area contributed by atoms with Crippen LogP contribution in [0.15, 0.2) is 0 Å². The van der Waals surface area contributed by atoms with Crippen LogP contribution in [0, 0.1) is 31.4 Å². The SMILES string of the molecule is [2H]C#C[C]=[C][C-]. The van der Waals surface area contributed by atoms with Gasteiger partial charge in [0.15, 0.2) is 0 Å². The van der Waals surface area contributed by atoms with Crippen molar-refractivity contribution in [2.45, 2.75) is 0 Å². The summed E-state index contributed by atoms with van der Waals surface area (Å²) in [5, 5.41) is 0. The van der Waals surface area contributed by atoms with Gasteiger partial charge in [0.25, 0.3) is 0 Å². The van der Waals surface area contributed by atoms with Crippen molar-refractivity contribution in [2.75, 3.05) is 0 Å². The van der Waals surface area contributed by atoms with Gasteiger partial charge >= 0.3 is 0 Å². The van der Waals surface area contributed by atoms with Crippen LogP contribution < -0.4 is 0 Å². The zero-order chi connectivity index (χ0) is 4.83. The largest absolute Gasteiger partial charge is 0.359 e. The highest BCUT2D eigenvalue weighted by molar-refractivity contribution is 4.97. The van der Waals surface area contributed by atoms with Gasteiger partial charge in [0.2, 0.25) is 0 Å². The van der Waals surface area contributed by atoms with E-state index in [0.29, 0.717) is 0 Å². The van der Waals surface area contributed by atoms with E-state index in [1.54, 1.807) is 12.5 Å². The molecule has 0 aliphatic carbocycles. The third-order valence-corrected chi connectivity index (χ3v) is 0.125. The molecule has 0 saturated heterocycles. The molecule has 0 saturated carbocycles. The predicted octanol–water partition coefficient (Wildman–Crippen LogP) is 0.370. The van der Waals surface area contributed by atoms with E-state index >= 15 is 0 Å². The molecule has 4 radical (unpaired) electrons. The van der Waals surface area contributed by atoms with Crippen molar-refractivity contribution < 1.29 is 1.37 Å². The second-order valence-corrected chi connectivity index (χ2v) is 0.375. The third kappa shape index (κ3) is 3.17. The van der Waals surface area contributed by atoms with Gasteiger partial charge in [0, 0.05) is 0 Å². The molecule has 0 aromatic carbocycles. The maximum absolute atomic E-state index is 6.16. The smallest absolute Gasteiger partial charge is 0.122 e. The maximum Gasteiger partial charge on any atom is 0.122 e. The Morgan fingerprint density at radius 2 is 2.80 bits per heavy atom. The average molecular weight is 62.1 g/mol. The normalized spacial score (nSPS) is 9.20. The van der Waals surface area contributed by atoms with E-state index in [-0.39, 0.29) is 0 Å². The van der Waals surface area contributed by atoms with Crippen molar-refractivity contribution in [3.63, 3.8) is 0 Å².